The van der Waals surface area contributed by atoms with Crippen LogP contribution in [0.2, 0.25) is 0 Å². The Balaban J connectivity index is 5.08. The van der Waals surface area contributed by atoms with Crippen molar-refractivity contribution < 1.29 is 38.9 Å². The maximum atomic E-state index is 11.6. The van der Waals surface area contributed by atoms with E-state index in [1.807, 2.05) is 13.8 Å². The van der Waals surface area contributed by atoms with Crippen molar-refractivity contribution in [3.8, 4) is 0 Å². The molecule has 0 aromatic carbocycles. The Morgan fingerprint density at radius 3 is 1.29 bits per heavy atom. The normalized spacial score (nSPS) is 11.4. The molecule has 0 bridgehead atoms. The van der Waals surface area contributed by atoms with Crippen molar-refractivity contribution in [2.75, 3.05) is 13.2 Å². The Bertz CT molecular complexity index is 448. The SMILES string of the molecule is CCCCOC(=O)C/C(C(=O)O)=C(/CC(=O)OCCCC)C(=O)O. The summed E-state index contributed by atoms with van der Waals surface area (Å²) in [6.45, 7) is 4.04. The van der Waals surface area contributed by atoms with Gasteiger partial charge in [0.2, 0.25) is 0 Å². The number of carboxylic acids is 2. The summed E-state index contributed by atoms with van der Waals surface area (Å²) in [7, 11) is 0. The monoisotopic (exact) mass is 344 g/mol. The quantitative estimate of drug-likeness (QED) is 0.312. The van der Waals surface area contributed by atoms with Crippen LogP contribution in [-0.4, -0.2) is 47.3 Å². The molecule has 0 heterocycles. The van der Waals surface area contributed by atoms with E-state index in [1.54, 1.807) is 0 Å². The zero-order valence-corrected chi connectivity index (χ0v) is 14.0. The molecule has 0 aliphatic heterocycles. The summed E-state index contributed by atoms with van der Waals surface area (Å²) in [6, 6.07) is 0. The number of rotatable bonds is 12. The summed E-state index contributed by atoms with van der Waals surface area (Å²) in [5.41, 5.74) is -1.34. The standard InChI is InChI=1S/C16H24O8/c1-3-5-7-23-13(17)9-11(15(19)20)12(16(21)22)10-14(18)24-8-6-4-2/h3-10H2,1-2H3,(H,19,20)(H,21,22)/b12-11+. The molecule has 0 rings (SSSR count). The summed E-state index contributed by atoms with van der Waals surface area (Å²) in [5.74, 6) is -4.86. The lowest BCUT2D eigenvalue weighted by Crippen LogP contribution is -2.19. The van der Waals surface area contributed by atoms with Crippen molar-refractivity contribution in [3.63, 3.8) is 0 Å². The van der Waals surface area contributed by atoms with Crippen molar-refractivity contribution in [2.45, 2.75) is 52.4 Å². The molecule has 0 amide bonds. The summed E-state index contributed by atoms with van der Waals surface area (Å²) in [5, 5.41) is 18.3. The fraction of sp³-hybridized carbons (Fsp3) is 0.625. The number of carbonyl (C=O) groups is 4. The van der Waals surface area contributed by atoms with Gasteiger partial charge in [0, 0.05) is 0 Å². The van der Waals surface area contributed by atoms with Crippen LogP contribution in [0.15, 0.2) is 11.1 Å². The highest BCUT2D eigenvalue weighted by Gasteiger charge is 2.25. The first-order valence-electron chi connectivity index (χ1n) is 7.83. The van der Waals surface area contributed by atoms with Crippen molar-refractivity contribution in [1.82, 2.24) is 0 Å². The first-order valence-corrected chi connectivity index (χ1v) is 7.83. The second kappa shape index (κ2) is 12.1. The molecule has 8 nitrogen and oxygen atoms in total. The number of hydrogen-bond donors (Lipinski definition) is 2. The van der Waals surface area contributed by atoms with Crippen LogP contribution < -0.4 is 0 Å². The average Bonchev–Trinajstić information content (AvgIpc) is 2.50. The molecular weight excluding hydrogens is 320 g/mol. The first-order chi connectivity index (χ1) is 11.3. The van der Waals surface area contributed by atoms with E-state index in [4.69, 9.17) is 19.7 Å². The number of carboxylic acid groups (broad SMARTS) is 2. The highest BCUT2D eigenvalue weighted by Crippen LogP contribution is 2.16. The minimum absolute atomic E-state index is 0.129. The number of hydrogen-bond acceptors (Lipinski definition) is 6. The van der Waals surface area contributed by atoms with Crippen molar-refractivity contribution in [3.05, 3.63) is 11.1 Å². The van der Waals surface area contributed by atoms with Gasteiger partial charge in [-0.05, 0) is 12.8 Å². The Hall–Kier alpha value is -2.38. The van der Waals surface area contributed by atoms with Gasteiger partial charge in [-0.25, -0.2) is 9.59 Å². The molecule has 136 valence electrons. The number of aliphatic carboxylic acids is 2. The third kappa shape index (κ3) is 8.92. The molecule has 0 saturated heterocycles. The van der Waals surface area contributed by atoms with Crippen molar-refractivity contribution >= 4 is 23.9 Å². The molecule has 0 aromatic rings. The zero-order valence-electron chi connectivity index (χ0n) is 14.0. The van der Waals surface area contributed by atoms with Crippen LogP contribution in [-0.2, 0) is 28.7 Å². The van der Waals surface area contributed by atoms with E-state index in [2.05, 4.69) is 0 Å². The number of carbonyl (C=O) groups excluding carboxylic acids is 2. The van der Waals surface area contributed by atoms with Gasteiger partial charge < -0.3 is 19.7 Å². The average molecular weight is 344 g/mol. The second-order valence-electron chi connectivity index (χ2n) is 5.07. The van der Waals surface area contributed by atoms with Gasteiger partial charge >= 0.3 is 23.9 Å². The molecule has 24 heavy (non-hydrogen) atoms. The topological polar surface area (TPSA) is 127 Å². The van der Waals surface area contributed by atoms with Gasteiger partial charge in [-0.1, -0.05) is 26.7 Å². The maximum absolute atomic E-state index is 11.6. The fourth-order valence-corrected chi connectivity index (χ4v) is 1.67. The van der Waals surface area contributed by atoms with E-state index in [9.17, 15) is 19.2 Å². The van der Waals surface area contributed by atoms with Crippen LogP contribution >= 0.6 is 0 Å². The number of ether oxygens (including phenoxy) is 2. The van der Waals surface area contributed by atoms with Gasteiger partial charge in [0.1, 0.15) is 0 Å². The molecule has 0 spiro atoms. The van der Waals surface area contributed by atoms with E-state index < -0.39 is 47.9 Å². The minimum Gasteiger partial charge on any atom is -0.478 e. The Morgan fingerprint density at radius 2 is 1.04 bits per heavy atom. The van der Waals surface area contributed by atoms with E-state index in [-0.39, 0.29) is 13.2 Å². The highest BCUT2D eigenvalue weighted by atomic mass is 16.5. The first kappa shape index (κ1) is 21.6. The number of unbranched alkanes of at least 4 members (excludes halogenated alkanes) is 2. The van der Waals surface area contributed by atoms with Crippen LogP contribution in [0.1, 0.15) is 52.4 Å². The molecular formula is C16H24O8. The summed E-state index contributed by atoms with van der Waals surface area (Å²) in [4.78, 5) is 45.8. The van der Waals surface area contributed by atoms with Crippen LogP contribution in [0.5, 0.6) is 0 Å². The summed E-state index contributed by atoms with van der Waals surface area (Å²) < 4.78 is 9.66. The molecule has 8 heteroatoms. The summed E-state index contributed by atoms with van der Waals surface area (Å²) >= 11 is 0. The lowest BCUT2D eigenvalue weighted by molar-refractivity contribution is -0.146. The van der Waals surface area contributed by atoms with Gasteiger partial charge in [-0.2, -0.15) is 0 Å². The third-order valence-electron chi connectivity index (χ3n) is 3.04. The molecule has 0 aromatic heterocycles. The summed E-state index contributed by atoms with van der Waals surface area (Å²) in [6.07, 6.45) is 1.38. The Kier molecular flexibility index (Phi) is 10.9. The van der Waals surface area contributed by atoms with E-state index >= 15 is 0 Å². The molecule has 0 unspecified atom stereocenters. The fourth-order valence-electron chi connectivity index (χ4n) is 1.67. The van der Waals surface area contributed by atoms with E-state index in [0.717, 1.165) is 12.8 Å². The largest absolute Gasteiger partial charge is 0.478 e. The predicted molar refractivity (Wildman–Crippen MR) is 83.3 cm³/mol. The van der Waals surface area contributed by atoms with Gasteiger partial charge in [0.05, 0.1) is 37.2 Å². The van der Waals surface area contributed by atoms with Gasteiger partial charge in [-0.15, -0.1) is 0 Å². The van der Waals surface area contributed by atoms with Crippen molar-refractivity contribution in [2.24, 2.45) is 0 Å². The zero-order chi connectivity index (χ0) is 18.5. The van der Waals surface area contributed by atoms with E-state index in [0.29, 0.717) is 12.8 Å². The smallest absolute Gasteiger partial charge is 0.332 e. The lowest BCUT2D eigenvalue weighted by Gasteiger charge is -2.09. The molecule has 0 aliphatic rings. The highest BCUT2D eigenvalue weighted by molar-refractivity contribution is 6.04. The number of esters is 2. The van der Waals surface area contributed by atoms with Crippen LogP contribution in [0.4, 0.5) is 0 Å². The van der Waals surface area contributed by atoms with Crippen LogP contribution in [0.3, 0.4) is 0 Å². The maximum Gasteiger partial charge on any atom is 0.332 e. The third-order valence-corrected chi connectivity index (χ3v) is 3.04. The van der Waals surface area contributed by atoms with Crippen LogP contribution in [0.25, 0.3) is 0 Å². The second-order valence-corrected chi connectivity index (χ2v) is 5.07. The molecule has 0 radical (unpaired) electrons. The Labute approximate surface area is 140 Å². The van der Waals surface area contributed by atoms with Gasteiger partial charge in [-0.3, -0.25) is 9.59 Å². The Morgan fingerprint density at radius 1 is 0.708 bits per heavy atom. The van der Waals surface area contributed by atoms with Crippen molar-refractivity contribution in [1.29, 1.82) is 0 Å². The molecule has 0 aliphatic carbocycles. The molecule has 2 N–H and O–H groups in total. The predicted octanol–water partition coefficient (Wildman–Crippen LogP) is 1.92. The van der Waals surface area contributed by atoms with Gasteiger partial charge in [0.25, 0.3) is 0 Å². The molecule has 0 fully saturated rings. The van der Waals surface area contributed by atoms with Crippen LogP contribution in [0, 0.1) is 0 Å². The van der Waals surface area contributed by atoms with E-state index in [1.165, 1.54) is 0 Å². The lowest BCUT2D eigenvalue weighted by atomic mass is 10.0. The molecule has 0 atom stereocenters. The molecule has 0 saturated carbocycles. The minimum atomic E-state index is -1.58. The van der Waals surface area contributed by atoms with Gasteiger partial charge in [0.15, 0.2) is 0 Å².